The number of hydrogen-bond acceptors (Lipinski definition) is 6. The molecule has 0 radical (unpaired) electrons. The Morgan fingerprint density at radius 3 is 2.58 bits per heavy atom. The predicted octanol–water partition coefficient (Wildman–Crippen LogP) is 0.715. The van der Waals surface area contributed by atoms with Crippen LogP contribution in [0.5, 0.6) is 0 Å². The van der Waals surface area contributed by atoms with Crippen molar-refractivity contribution in [2.24, 2.45) is 0 Å². The molecule has 0 amide bonds. The minimum atomic E-state index is -0.839. The van der Waals surface area contributed by atoms with Crippen molar-refractivity contribution in [1.29, 1.82) is 5.26 Å². The number of carbonyl (C=O) groups is 1. The number of esters is 1. The molecule has 0 aliphatic carbocycles. The fourth-order valence-corrected chi connectivity index (χ4v) is 1.54. The minimum absolute atomic E-state index is 0.109. The van der Waals surface area contributed by atoms with E-state index in [1.54, 1.807) is 13.0 Å². The Labute approximate surface area is 109 Å². The Kier molecular flexibility index (Phi) is 5.23. The zero-order chi connectivity index (χ0) is 14.4. The van der Waals surface area contributed by atoms with Gasteiger partial charge in [0.2, 0.25) is 0 Å². The largest absolute Gasteiger partial charge is 0.462 e. The lowest BCUT2D eigenvalue weighted by atomic mass is 10.1. The Morgan fingerprint density at radius 1 is 1.47 bits per heavy atom. The molecule has 0 unspecified atom stereocenters. The minimum Gasteiger partial charge on any atom is -0.462 e. The van der Waals surface area contributed by atoms with Crippen molar-refractivity contribution in [3.63, 3.8) is 0 Å². The predicted molar refractivity (Wildman–Crippen MR) is 64.5 cm³/mol. The first kappa shape index (κ1) is 14.9. The normalized spacial score (nSPS) is 10.3. The van der Waals surface area contributed by atoms with Crippen molar-refractivity contribution in [2.45, 2.75) is 13.2 Å². The molecule has 7 heteroatoms. The maximum Gasteiger partial charge on any atom is 0.339 e. The van der Waals surface area contributed by atoms with Gasteiger partial charge in [-0.25, -0.2) is 4.79 Å². The molecule has 0 saturated heterocycles. The van der Waals surface area contributed by atoms with Crippen LogP contribution in [0.3, 0.4) is 0 Å². The fourth-order valence-electron chi connectivity index (χ4n) is 1.54. The SMILES string of the molecule is CCOC(=O)c1cc(C(OC)OC)[nH]c(=O)c1C#N. The van der Waals surface area contributed by atoms with E-state index in [9.17, 15) is 9.59 Å². The second-order valence-electron chi connectivity index (χ2n) is 3.48. The summed E-state index contributed by atoms with van der Waals surface area (Å²) in [5, 5.41) is 8.92. The van der Waals surface area contributed by atoms with Gasteiger partial charge < -0.3 is 19.2 Å². The van der Waals surface area contributed by atoms with Crippen molar-refractivity contribution < 1.29 is 19.0 Å². The lowest BCUT2D eigenvalue weighted by Crippen LogP contribution is -2.22. The van der Waals surface area contributed by atoms with E-state index in [0.717, 1.165) is 0 Å². The molecule has 0 bridgehead atoms. The van der Waals surface area contributed by atoms with Crippen LogP contribution in [0.4, 0.5) is 0 Å². The highest BCUT2D eigenvalue weighted by Gasteiger charge is 2.20. The maximum absolute atomic E-state index is 11.7. The molecule has 0 aliphatic heterocycles. The third-order valence-electron chi connectivity index (χ3n) is 2.34. The van der Waals surface area contributed by atoms with Gasteiger partial charge in [-0.15, -0.1) is 0 Å². The van der Waals surface area contributed by atoms with Crippen LogP contribution in [0.25, 0.3) is 0 Å². The number of nitrogens with zero attached hydrogens (tertiary/aromatic N) is 1. The molecule has 0 aliphatic rings. The van der Waals surface area contributed by atoms with Gasteiger partial charge in [0.1, 0.15) is 11.6 Å². The van der Waals surface area contributed by atoms with Gasteiger partial charge in [0.05, 0.1) is 17.9 Å². The number of ether oxygens (including phenoxy) is 3. The molecular formula is C12H14N2O5. The summed E-state index contributed by atoms with van der Waals surface area (Å²) in [5.41, 5.74) is -0.866. The van der Waals surface area contributed by atoms with Crippen molar-refractivity contribution in [3.8, 4) is 6.07 Å². The van der Waals surface area contributed by atoms with Crippen LogP contribution in [0.2, 0.25) is 0 Å². The number of aromatic amines is 1. The molecule has 0 fully saturated rings. The zero-order valence-corrected chi connectivity index (χ0v) is 10.9. The smallest absolute Gasteiger partial charge is 0.339 e. The van der Waals surface area contributed by atoms with E-state index in [4.69, 9.17) is 19.5 Å². The van der Waals surface area contributed by atoms with Gasteiger partial charge in [-0.3, -0.25) is 4.79 Å². The number of carbonyl (C=O) groups excluding carboxylic acids is 1. The van der Waals surface area contributed by atoms with E-state index in [-0.39, 0.29) is 23.4 Å². The molecule has 0 atom stereocenters. The van der Waals surface area contributed by atoms with Gasteiger partial charge in [0, 0.05) is 14.2 Å². The Morgan fingerprint density at radius 2 is 2.11 bits per heavy atom. The third kappa shape index (κ3) is 3.19. The summed E-state index contributed by atoms with van der Waals surface area (Å²) in [4.78, 5) is 25.9. The molecule has 1 rings (SSSR count). The lowest BCUT2D eigenvalue weighted by Gasteiger charge is -2.14. The zero-order valence-electron chi connectivity index (χ0n) is 10.9. The highest BCUT2D eigenvalue weighted by Crippen LogP contribution is 2.16. The molecule has 102 valence electrons. The van der Waals surface area contributed by atoms with Gasteiger partial charge in [-0.1, -0.05) is 0 Å². The van der Waals surface area contributed by atoms with E-state index in [0.29, 0.717) is 0 Å². The van der Waals surface area contributed by atoms with Gasteiger partial charge >= 0.3 is 5.97 Å². The summed E-state index contributed by atoms with van der Waals surface area (Å²) in [6.45, 7) is 1.77. The Hall–Kier alpha value is -2.17. The highest BCUT2D eigenvalue weighted by atomic mass is 16.7. The second kappa shape index (κ2) is 6.68. The van der Waals surface area contributed by atoms with Gasteiger partial charge in [-0.2, -0.15) is 5.26 Å². The van der Waals surface area contributed by atoms with Crippen LogP contribution in [-0.2, 0) is 14.2 Å². The van der Waals surface area contributed by atoms with Crippen LogP contribution in [0.1, 0.15) is 34.8 Å². The molecule has 0 saturated carbocycles. The fraction of sp³-hybridized carbons (Fsp3) is 0.417. The highest BCUT2D eigenvalue weighted by molar-refractivity contribution is 5.92. The number of rotatable bonds is 5. The maximum atomic E-state index is 11.7. The Balaban J connectivity index is 3.39. The standard InChI is InChI=1S/C12H14N2O5/c1-4-19-11(16)7-5-9(12(17-2)18-3)14-10(15)8(7)6-13/h5,12H,4H2,1-3H3,(H,14,15). The number of nitrogens with one attached hydrogen (secondary N) is 1. The van der Waals surface area contributed by atoms with E-state index in [1.165, 1.54) is 20.3 Å². The first-order valence-corrected chi connectivity index (χ1v) is 5.49. The van der Waals surface area contributed by atoms with Crippen LogP contribution < -0.4 is 5.56 Å². The average molecular weight is 266 g/mol. The average Bonchev–Trinajstić information content (AvgIpc) is 2.39. The number of aromatic nitrogens is 1. The van der Waals surface area contributed by atoms with Crippen molar-refractivity contribution in [3.05, 3.63) is 33.2 Å². The first-order chi connectivity index (χ1) is 9.08. The van der Waals surface area contributed by atoms with E-state index in [1.807, 2.05) is 0 Å². The summed E-state index contributed by atoms with van der Waals surface area (Å²) in [6, 6.07) is 2.99. The number of methoxy groups -OCH3 is 2. The third-order valence-corrected chi connectivity index (χ3v) is 2.34. The Bertz CT molecular complexity index is 554. The van der Waals surface area contributed by atoms with Gasteiger partial charge in [0.25, 0.3) is 5.56 Å². The van der Waals surface area contributed by atoms with Crippen LogP contribution in [0, 0.1) is 11.3 Å². The lowest BCUT2D eigenvalue weighted by molar-refractivity contribution is -0.108. The summed E-state index contributed by atoms with van der Waals surface area (Å²) >= 11 is 0. The summed E-state index contributed by atoms with van der Waals surface area (Å²) in [6.07, 6.45) is -0.839. The summed E-state index contributed by atoms with van der Waals surface area (Å²) in [7, 11) is 2.77. The van der Waals surface area contributed by atoms with Gasteiger partial charge in [0.15, 0.2) is 6.29 Å². The van der Waals surface area contributed by atoms with Gasteiger partial charge in [-0.05, 0) is 13.0 Å². The summed E-state index contributed by atoms with van der Waals surface area (Å²) < 4.78 is 14.8. The second-order valence-corrected chi connectivity index (χ2v) is 3.48. The molecule has 19 heavy (non-hydrogen) atoms. The van der Waals surface area contributed by atoms with Crippen molar-refractivity contribution >= 4 is 5.97 Å². The molecule has 1 aromatic rings. The molecule has 0 spiro atoms. The number of nitriles is 1. The van der Waals surface area contributed by atoms with E-state index >= 15 is 0 Å². The summed E-state index contributed by atoms with van der Waals surface area (Å²) in [5.74, 6) is -0.739. The van der Waals surface area contributed by atoms with Crippen LogP contribution >= 0.6 is 0 Å². The van der Waals surface area contributed by atoms with Crippen molar-refractivity contribution in [2.75, 3.05) is 20.8 Å². The van der Waals surface area contributed by atoms with E-state index in [2.05, 4.69) is 4.98 Å². The number of hydrogen-bond donors (Lipinski definition) is 1. The van der Waals surface area contributed by atoms with E-state index < -0.39 is 17.8 Å². The molecule has 1 N–H and O–H groups in total. The van der Waals surface area contributed by atoms with Crippen molar-refractivity contribution in [1.82, 2.24) is 4.98 Å². The number of pyridine rings is 1. The molecular weight excluding hydrogens is 252 g/mol. The number of H-pyrrole nitrogens is 1. The monoisotopic (exact) mass is 266 g/mol. The van der Waals surface area contributed by atoms with Crippen LogP contribution in [-0.4, -0.2) is 31.8 Å². The van der Waals surface area contributed by atoms with Crippen LogP contribution in [0.15, 0.2) is 10.9 Å². The topological polar surface area (TPSA) is 101 Å². The molecule has 7 nitrogen and oxygen atoms in total. The quantitative estimate of drug-likeness (QED) is 0.622. The molecule has 1 aromatic heterocycles. The first-order valence-electron chi connectivity index (χ1n) is 5.49. The molecule has 0 aromatic carbocycles. The molecule has 1 heterocycles.